The molecule has 96 valence electrons. The molecular weight excluding hydrogens is 254 g/mol. The summed E-state index contributed by atoms with van der Waals surface area (Å²) < 4.78 is 68.3. The van der Waals surface area contributed by atoms with E-state index in [-0.39, 0.29) is 5.36 Å². The summed E-state index contributed by atoms with van der Waals surface area (Å²) in [4.78, 5) is 5.06. The zero-order valence-corrected chi connectivity index (χ0v) is 10.6. The predicted octanol–water partition coefficient (Wildman–Crippen LogP) is 2.47. The number of fused-ring (bicyclic) bond motifs is 2. The fraction of sp³-hybridized carbons (Fsp3) is 0.200. The first kappa shape index (κ1) is 5.59. The molecule has 2 aliphatic rings. The van der Waals surface area contributed by atoms with Gasteiger partial charge in [-0.15, -0.1) is 11.3 Å². The van der Waals surface area contributed by atoms with Crippen LogP contribution in [0.1, 0.15) is 12.3 Å². The maximum atomic E-state index is 7.56. The summed E-state index contributed by atoms with van der Waals surface area (Å²) >= 11 is 1.26. The molecular formula is C15H16N3S+. The summed E-state index contributed by atoms with van der Waals surface area (Å²) in [5.41, 5.74) is 1.62. The van der Waals surface area contributed by atoms with Crippen LogP contribution in [0.3, 0.4) is 0 Å². The standard InChI is InChI=1S/C15H15N3S/c1-16-10-4-6-12-14(8-10)19-15-9-11(18(2)3)5-7-13(15)17-12/h4-9H,1-3H3/p+1/i1D3,2D3,3D3. The Bertz CT molecular complexity index is 1050. The van der Waals surface area contributed by atoms with Crippen LogP contribution in [-0.4, -0.2) is 25.9 Å². The molecule has 1 N–H and O–H groups in total. The Labute approximate surface area is 128 Å². The second kappa shape index (κ2) is 4.63. The Morgan fingerprint density at radius 3 is 3.00 bits per heavy atom. The van der Waals surface area contributed by atoms with Crippen LogP contribution in [0.5, 0.6) is 0 Å². The second-order valence-electron chi connectivity index (χ2n) is 4.01. The number of nitrogens with one attached hydrogen (secondary N) is 1. The summed E-state index contributed by atoms with van der Waals surface area (Å²) in [5, 5.41) is 2.44. The molecule has 1 aliphatic heterocycles. The van der Waals surface area contributed by atoms with Crippen LogP contribution >= 0.6 is 11.3 Å². The first-order valence-corrected chi connectivity index (χ1v) is 6.32. The summed E-state index contributed by atoms with van der Waals surface area (Å²) in [6.45, 7) is -8.02. The van der Waals surface area contributed by atoms with Gasteiger partial charge in [0.1, 0.15) is 14.0 Å². The molecule has 0 spiro atoms. The van der Waals surface area contributed by atoms with E-state index in [2.05, 4.69) is 10.3 Å². The lowest BCUT2D eigenvalue weighted by atomic mass is 10.2. The normalized spacial score (nSPS) is 19.9. The minimum atomic E-state index is -2.84. The van der Waals surface area contributed by atoms with Crippen LogP contribution in [0.25, 0.3) is 20.8 Å². The molecule has 0 aromatic heterocycles. The highest BCUT2D eigenvalue weighted by molar-refractivity contribution is 7.21. The smallest absolute Gasteiger partial charge is 0.201 e. The van der Waals surface area contributed by atoms with Gasteiger partial charge in [-0.2, -0.15) is 0 Å². The van der Waals surface area contributed by atoms with Gasteiger partial charge >= 0.3 is 0 Å². The average molecular weight is 279 g/mol. The van der Waals surface area contributed by atoms with Crippen molar-refractivity contribution in [1.29, 1.82) is 0 Å². The molecule has 1 aromatic carbocycles. The Morgan fingerprint density at radius 1 is 1.21 bits per heavy atom. The van der Waals surface area contributed by atoms with E-state index >= 15 is 0 Å². The van der Waals surface area contributed by atoms with Gasteiger partial charge in [-0.05, 0) is 24.3 Å². The highest BCUT2D eigenvalue weighted by atomic mass is 32.1. The highest BCUT2D eigenvalue weighted by Crippen LogP contribution is 2.30. The van der Waals surface area contributed by atoms with Gasteiger partial charge in [0.15, 0.2) is 0 Å². The largest absolute Gasteiger partial charge is 0.388 e. The van der Waals surface area contributed by atoms with Crippen LogP contribution in [-0.2, 0) is 0 Å². The van der Waals surface area contributed by atoms with Crippen molar-refractivity contribution in [2.45, 2.75) is 0 Å². The van der Waals surface area contributed by atoms with Gasteiger partial charge in [-0.3, -0.25) is 0 Å². The number of aromatic nitrogens is 1. The Kier molecular flexibility index (Phi) is 1.36. The molecule has 3 nitrogen and oxygen atoms in total. The van der Waals surface area contributed by atoms with Gasteiger partial charge in [-0.25, -0.2) is 9.56 Å². The van der Waals surface area contributed by atoms with E-state index in [1.807, 2.05) is 0 Å². The molecule has 0 unspecified atom stereocenters. The van der Waals surface area contributed by atoms with E-state index < -0.39 is 20.9 Å². The van der Waals surface area contributed by atoms with Gasteiger partial charge < -0.3 is 5.32 Å². The van der Waals surface area contributed by atoms with Crippen molar-refractivity contribution in [1.82, 2.24) is 9.56 Å². The Hall–Kier alpha value is -1.94. The van der Waals surface area contributed by atoms with Gasteiger partial charge in [-0.1, -0.05) is 0 Å². The predicted molar refractivity (Wildman–Crippen MR) is 82.9 cm³/mol. The van der Waals surface area contributed by atoms with Crippen molar-refractivity contribution >= 4 is 27.2 Å². The van der Waals surface area contributed by atoms with E-state index in [1.165, 1.54) is 23.5 Å². The SMILES string of the molecule is [2H]C([2H])([2H])Nc1ccc2nc3ccc(=[N+](C([2H])([2H])[2H])C([2H])([2H])[2H])cc-3sc2c1. The second-order valence-corrected chi connectivity index (χ2v) is 5.09. The van der Waals surface area contributed by atoms with Crippen molar-refractivity contribution < 1.29 is 12.3 Å². The lowest BCUT2D eigenvalue weighted by Gasteiger charge is -2.07. The number of anilines is 1. The molecule has 0 bridgehead atoms. The number of nitrogens with zero attached hydrogens (tertiary/aromatic N) is 2. The van der Waals surface area contributed by atoms with E-state index in [1.54, 1.807) is 24.3 Å². The third-order valence-corrected chi connectivity index (χ3v) is 3.86. The van der Waals surface area contributed by atoms with Crippen molar-refractivity contribution in [3.05, 3.63) is 41.8 Å². The summed E-state index contributed by atoms with van der Waals surface area (Å²) in [6.07, 6.45) is 0. The topological polar surface area (TPSA) is 27.9 Å². The van der Waals surface area contributed by atoms with Crippen LogP contribution in [0.2, 0.25) is 0 Å². The fourth-order valence-corrected chi connectivity index (χ4v) is 2.87. The Morgan fingerprint density at radius 2 is 2.16 bits per heavy atom. The van der Waals surface area contributed by atoms with Crippen LogP contribution in [0.4, 0.5) is 5.69 Å². The van der Waals surface area contributed by atoms with Crippen molar-refractivity contribution in [3.63, 3.8) is 0 Å². The minimum absolute atomic E-state index is 0.0293. The van der Waals surface area contributed by atoms with E-state index in [0.717, 1.165) is 0 Å². The quantitative estimate of drug-likeness (QED) is 0.547. The van der Waals surface area contributed by atoms with Crippen molar-refractivity contribution in [2.24, 2.45) is 0 Å². The molecule has 1 aromatic rings. The van der Waals surface area contributed by atoms with E-state index in [9.17, 15) is 0 Å². The maximum Gasteiger partial charge on any atom is 0.201 e. The molecule has 0 fully saturated rings. The zero-order chi connectivity index (χ0) is 20.9. The van der Waals surface area contributed by atoms with Crippen LogP contribution in [0.15, 0.2) is 36.4 Å². The molecule has 3 rings (SSSR count). The van der Waals surface area contributed by atoms with Crippen LogP contribution in [0, 0.1) is 0 Å². The minimum Gasteiger partial charge on any atom is -0.388 e. The number of hydrogen-bond acceptors (Lipinski definition) is 3. The molecule has 19 heavy (non-hydrogen) atoms. The molecule has 4 heteroatoms. The van der Waals surface area contributed by atoms with Gasteiger partial charge in [0.05, 0.1) is 29.0 Å². The molecule has 1 aliphatic carbocycles. The maximum absolute atomic E-state index is 7.56. The Balaban J connectivity index is 2.24. The third-order valence-electron chi connectivity index (χ3n) is 2.77. The number of hydrogen-bond donors (Lipinski definition) is 1. The van der Waals surface area contributed by atoms with Gasteiger partial charge in [0, 0.05) is 28.9 Å². The highest BCUT2D eigenvalue weighted by Gasteiger charge is 2.08. The molecule has 0 radical (unpaired) electrons. The monoisotopic (exact) mass is 279 g/mol. The zero-order valence-electron chi connectivity index (χ0n) is 18.8. The average Bonchev–Trinajstić information content (AvgIpc) is 2.48. The van der Waals surface area contributed by atoms with E-state index in [0.29, 0.717) is 31.1 Å². The summed E-state index contributed by atoms with van der Waals surface area (Å²) in [7, 11) is 0. The molecule has 1 heterocycles. The molecule has 0 saturated carbocycles. The van der Waals surface area contributed by atoms with Gasteiger partial charge in [0.2, 0.25) is 5.36 Å². The number of rotatable bonds is 1. The lowest BCUT2D eigenvalue weighted by molar-refractivity contribution is 0.814. The fourth-order valence-electron chi connectivity index (χ4n) is 1.83. The molecule has 0 amide bonds. The van der Waals surface area contributed by atoms with Crippen molar-refractivity contribution in [2.75, 3.05) is 26.2 Å². The van der Waals surface area contributed by atoms with Crippen molar-refractivity contribution in [3.8, 4) is 10.6 Å². The first-order valence-electron chi connectivity index (χ1n) is 10.0. The lowest BCUT2D eigenvalue weighted by Crippen LogP contribution is -2.21. The number of benzene rings is 2. The van der Waals surface area contributed by atoms with Gasteiger partial charge in [0.25, 0.3) is 0 Å². The summed E-state index contributed by atoms with van der Waals surface area (Å²) in [6, 6.07) is 9.38. The van der Waals surface area contributed by atoms with Crippen LogP contribution < -0.4 is 15.2 Å². The first-order chi connectivity index (χ1) is 12.7. The molecule has 0 saturated heterocycles. The molecule has 0 atom stereocenters. The third kappa shape index (κ3) is 2.19. The summed E-state index contributed by atoms with van der Waals surface area (Å²) in [5.74, 6) is 0. The van der Waals surface area contributed by atoms with E-state index in [4.69, 9.17) is 12.3 Å².